The van der Waals surface area contributed by atoms with Gasteiger partial charge in [0.05, 0.1) is 6.61 Å². The summed E-state index contributed by atoms with van der Waals surface area (Å²) in [7, 11) is 1.64. The average molecular weight is 376 g/mol. The molecule has 2 N–H and O–H groups in total. The molecule has 1 heterocycles. The molecule has 6 nitrogen and oxygen atoms in total. The van der Waals surface area contributed by atoms with E-state index in [9.17, 15) is 4.79 Å². The van der Waals surface area contributed by atoms with Crippen molar-refractivity contribution in [3.8, 4) is 5.88 Å². The zero-order valence-electron chi connectivity index (χ0n) is 16.4. The van der Waals surface area contributed by atoms with Crippen LogP contribution in [0.2, 0.25) is 0 Å². The van der Waals surface area contributed by atoms with Crippen LogP contribution in [-0.2, 0) is 11.3 Å². The van der Waals surface area contributed by atoms with Crippen molar-refractivity contribution in [2.24, 2.45) is 11.8 Å². The molecular formula is C21H33N3O3. The number of rotatable bonds is 9. The zero-order chi connectivity index (χ0) is 18.9. The minimum absolute atomic E-state index is 0.0782. The fourth-order valence-corrected chi connectivity index (χ4v) is 4.54. The Morgan fingerprint density at radius 2 is 1.81 bits per heavy atom. The van der Waals surface area contributed by atoms with Gasteiger partial charge in [0.25, 0.3) is 0 Å². The van der Waals surface area contributed by atoms with Crippen LogP contribution in [0, 0.1) is 11.8 Å². The fourth-order valence-electron chi connectivity index (χ4n) is 4.54. The van der Waals surface area contributed by atoms with Crippen LogP contribution in [0.15, 0.2) is 18.3 Å². The second-order valence-corrected chi connectivity index (χ2v) is 7.75. The lowest BCUT2D eigenvalue weighted by atomic mass is 9.86. The van der Waals surface area contributed by atoms with Gasteiger partial charge in [-0.05, 0) is 43.6 Å². The van der Waals surface area contributed by atoms with E-state index >= 15 is 0 Å². The van der Waals surface area contributed by atoms with Gasteiger partial charge in [0, 0.05) is 31.5 Å². The summed E-state index contributed by atoms with van der Waals surface area (Å²) in [4.78, 5) is 16.9. The Morgan fingerprint density at radius 1 is 1.15 bits per heavy atom. The average Bonchev–Trinajstić information content (AvgIpc) is 3.39. The molecule has 0 radical (unpaired) electrons. The Morgan fingerprint density at radius 3 is 2.44 bits per heavy atom. The number of pyridine rings is 1. The third-order valence-corrected chi connectivity index (χ3v) is 5.93. The van der Waals surface area contributed by atoms with Gasteiger partial charge in [-0.25, -0.2) is 9.78 Å². The zero-order valence-corrected chi connectivity index (χ0v) is 16.4. The third-order valence-electron chi connectivity index (χ3n) is 5.93. The normalized spacial score (nSPS) is 18.1. The highest BCUT2D eigenvalue weighted by Gasteiger charge is 2.34. The highest BCUT2D eigenvalue weighted by Crippen LogP contribution is 2.37. The monoisotopic (exact) mass is 375 g/mol. The lowest BCUT2D eigenvalue weighted by Crippen LogP contribution is -2.48. The number of nitrogens with zero attached hydrogens (tertiary/aromatic N) is 1. The van der Waals surface area contributed by atoms with Gasteiger partial charge in [-0.3, -0.25) is 0 Å². The molecule has 0 bridgehead atoms. The van der Waals surface area contributed by atoms with Crippen molar-refractivity contribution in [2.45, 2.75) is 64.0 Å². The molecule has 0 saturated heterocycles. The summed E-state index contributed by atoms with van der Waals surface area (Å²) in [6.07, 6.45) is 11.9. The molecule has 1 aromatic heterocycles. The molecule has 6 heteroatoms. The third kappa shape index (κ3) is 5.83. The maximum absolute atomic E-state index is 12.6. The van der Waals surface area contributed by atoms with E-state index in [1.54, 1.807) is 13.3 Å². The molecule has 2 aliphatic rings. The van der Waals surface area contributed by atoms with E-state index in [-0.39, 0.29) is 6.03 Å². The van der Waals surface area contributed by atoms with Crippen LogP contribution in [0.5, 0.6) is 5.88 Å². The van der Waals surface area contributed by atoms with E-state index in [2.05, 4.69) is 15.6 Å². The molecule has 1 aromatic rings. The van der Waals surface area contributed by atoms with Crippen LogP contribution in [0.1, 0.15) is 56.9 Å². The summed E-state index contributed by atoms with van der Waals surface area (Å²) in [6.45, 7) is 1.36. The van der Waals surface area contributed by atoms with Gasteiger partial charge >= 0.3 is 6.03 Å². The van der Waals surface area contributed by atoms with Crippen molar-refractivity contribution in [3.63, 3.8) is 0 Å². The first-order chi connectivity index (χ1) is 13.3. The van der Waals surface area contributed by atoms with Gasteiger partial charge in [0.15, 0.2) is 0 Å². The number of hydrogen-bond acceptors (Lipinski definition) is 4. The molecule has 0 aliphatic heterocycles. The summed E-state index contributed by atoms with van der Waals surface area (Å²) < 4.78 is 10.7. The van der Waals surface area contributed by atoms with Gasteiger partial charge in [-0.1, -0.05) is 31.7 Å². The molecular weight excluding hydrogens is 342 g/mol. The lowest BCUT2D eigenvalue weighted by molar-refractivity contribution is 0.143. The Bertz CT molecular complexity index is 568. The van der Waals surface area contributed by atoms with Crippen LogP contribution in [-0.4, -0.2) is 37.4 Å². The van der Waals surface area contributed by atoms with Crippen molar-refractivity contribution in [1.82, 2.24) is 15.6 Å². The Kier molecular flexibility index (Phi) is 7.75. The van der Waals surface area contributed by atoms with Crippen LogP contribution in [0.25, 0.3) is 0 Å². The summed E-state index contributed by atoms with van der Waals surface area (Å²) >= 11 is 0. The Hall–Kier alpha value is -1.82. The molecule has 2 fully saturated rings. The number of ether oxygens (including phenoxy) is 2. The number of carbonyl (C=O) groups is 1. The number of nitrogens with one attached hydrogen (secondary N) is 2. The van der Waals surface area contributed by atoms with Crippen LogP contribution < -0.4 is 15.4 Å². The summed E-state index contributed by atoms with van der Waals surface area (Å²) in [5.41, 5.74) is 0.877. The number of methoxy groups -OCH3 is 1. The van der Waals surface area contributed by atoms with E-state index in [0.717, 1.165) is 5.56 Å². The van der Waals surface area contributed by atoms with Crippen LogP contribution in [0.3, 0.4) is 0 Å². The molecule has 0 atom stereocenters. The molecule has 0 aromatic carbocycles. The molecule has 0 unspecified atom stereocenters. The molecule has 0 spiro atoms. The molecule has 150 valence electrons. The van der Waals surface area contributed by atoms with Crippen molar-refractivity contribution in [1.29, 1.82) is 0 Å². The second-order valence-electron chi connectivity index (χ2n) is 7.75. The highest BCUT2D eigenvalue weighted by molar-refractivity contribution is 5.74. The fraction of sp³-hybridized carbons (Fsp3) is 0.714. The van der Waals surface area contributed by atoms with Gasteiger partial charge in [0.1, 0.15) is 6.61 Å². The van der Waals surface area contributed by atoms with E-state index in [4.69, 9.17) is 9.47 Å². The van der Waals surface area contributed by atoms with Crippen molar-refractivity contribution in [3.05, 3.63) is 23.9 Å². The number of aromatic nitrogens is 1. The van der Waals surface area contributed by atoms with Crippen molar-refractivity contribution < 1.29 is 14.3 Å². The van der Waals surface area contributed by atoms with Crippen LogP contribution in [0.4, 0.5) is 4.79 Å². The predicted molar refractivity (Wildman–Crippen MR) is 105 cm³/mol. The number of urea groups is 1. The maximum atomic E-state index is 12.6. The summed E-state index contributed by atoms with van der Waals surface area (Å²) in [5, 5.41) is 6.32. The van der Waals surface area contributed by atoms with E-state index in [0.29, 0.717) is 43.5 Å². The molecule has 2 aliphatic carbocycles. The first-order valence-electron chi connectivity index (χ1n) is 10.4. The lowest BCUT2D eigenvalue weighted by Gasteiger charge is -2.30. The first-order valence-corrected chi connectivity index (χ1v) is 10.4. The maximum Gasteiger partial charge on any atom is 0.315 e. The minimum Gasteiger partial charge on any atom is -0.475 e. The Labute approximate surface area is 162 Å². The molecule has 3 rings (SSSR count). The van der Waals surface area contributed by atoms with Crippen LogP contribution >= 0.6 is 0 Å². The number of carbonyl (C=O) groups excluding carboxylic acids is 1. The quantitative estimate of drug-likeness (QED) is 0.646. The van der Waals surface area contributed by atoms with E-state index in [1.165, 1.54) is 51.4 Å². The van der Waals surface area contributed by atoms with Crippen molar-refractivity contribution >= 4 is 6.03 Å². The molecule has 2 saturated carbocycles. The Balaban J connectivity index is 1.53. The predicted octanol–water partition coefficient (Wildman–Crippen LogP) is 3.66. The largest absolute Gasteiger partial charge is 0.475 e. The topological polar surface area (TPSA) is 72.5 Å². The van der Waals surface area contributed by atoms with Gasteiger partial charge in [-0.15, -0.1) is 0 Å². The first kappa shape index (κ1) is 19.9. The van der Waals surface area contributed by atoms with Gasteiger partial charge in [-0.2, -0.15) is 0 Å². The summed E-state index contributed by atoms with van der Waals surface area (Å²) in [6, 6.07) is 4.03. The van der Waals surface area contributed by atoms with E-state index < -0.39 is 0 Å². The standard InChI is InChI=1S/C21H33N3O3/c1-26-13-14-27-20-18(11-6-12-22-20)15-23-21(25)24-19(16-7-2-3-8-16)17-9-4-5-10-17/h6,11-12,16-17,19H,2-5,7-10,13-15H2,1H3,(H2,23,24,25). The number of hydrogen-bond donors (Lipinski definition) is 2. The highest BCUT2D eigenvalue weighted by atomic mass is 16.5. The SMILES string of the molecule is COCCOc1ncccc1CNC(=O)NC(C1CCCC1)C1CCCC1. The molecule has 2 amide bonds. The van der Waals surface area contributed by atoms with Crippen molar-refractivity contribution in [2.75, 3.05) is 20.3 Å². The second kappa shape index (κ2) is 10.5. The number of amides is 2. The molecule has 27 heavy (non-hydrogen) atoms. The van der Waals surface area contributed by atoms with E-state index in [1.807, 2.05) is 12.1 Å². The van der Waals surface area contributed by atoms with Gasteiger partial charge in [0.2, 0.25) is 5.88 Å². The minimum atomic E-state index is -0.0782. The summed E-state index contributed by atoms with van der Waals surface area (Å²) in [5.74, 6) is 1.84. The smallest absolute Gasteiger partial charge is 0.315 e. The van der Waals surface area contributed by atoms with Gasteiger partial charge < -0.3 is 20.1 Å².